The molecule has 0 rings (SSSR count). The van der Waals surface area contributed by atoms with Crippen molar-refractivity contribution in [2.75, 3.05) is 7.05 Å². The van der Waals surface area contributed by atoms with Crippen molar-refractivity contribution in [1.82, 2.24) is 5.32 Å². The van der Waals surface area contributed by atoms with Crippen LogP contribution < -0.4 is 5.32 Å². The number of nitrogens with one attached hydrogen (secondary N) is 3. The normalized spacial score (nSPS) is 15.5. The summed E-state index contributed by atoms with van der Waals surface area (Å²) in [5.74, 6) is 0. The van der Waals surface area contributed by atoms with E-state index in [9.17, 15) is 0 Å². The Morgan fingerprint density at radius 3 is 2.45 bits per heavy atom. The first-order chi connectivity index (χ1) is 5.10. The zero-order valence-corrected chi connectivity index (χ0v) is 7.49. The summed E-state index contributed by atoms with van der Waals surface area (Å²) in [6, 6.07) is 0. The smallest absolute Gasteiger partial charge is 0.0580 e. The zero-order valence-electron chi connectivity index (χ0n) is 7.49. The standard InChI is InChI=1S/C8H17N3/c1-4-7(10)8(2,11-3)5-6-9/h6,9-11H,4-5H2,1-3H3. The van der Waals surface area contributed by atoms with E-state index in [-0.39, 0.29) is 5.54 Å². The SMILES string of the molecule is CCC(=N)C(C)(CC=N)NC. The van der Waals surface area contributed by atoms with E-state index in [1.165, 1.54) is 6.21 Å². The lowest BCUT2D eigenvalue weighted by molar-refractivity contribution is 0.524. The first-order valence-electron chi connectivity index (χ1n) is 3.86. The Hall–Kier alpha value is -0.700. The van der Waals surface area contributed by atoms with Crippen LogP contribution in [0.3, 0.4) is 0 Å². The third-order valence-corrected chi connectivity index (χ3v) is 2.08. The van der Waals surface area contributed by atoms with Crippen molar-refractivity contribution in [2.24, 2.45) is 0 Å². The van der Waals surface area contributed by atoms with E-state index < -0.39 is 0 Å². The lowest BCUT2D eigenvalue weighted by Crippen LogP contribution is -2.47. The van der Waals surface area contributed by atoms with Gasteiger partial charge in [-0.15, -0.1) is 0 Å². The van der Waals surface area contributed by atoms with Crippen LogP contribution in [-0.2, 0) is 0 Å². The van der Waals surface area contributed by atoms with Gasteiger partial charge in [-0.2, -0.15) is 0 Å². The predicted octanol–water partition coefficient (Wildman–Crippen LogP) is 1.43. The average molecular weight is 155 g/mol. The molecule has 0 aliphatic rings. The summed E-state index contributed by atoms with van der Waals surface area (Å²) >= 11 is 0. The van der Waals surface area contributed by atoms with Crippen LogP contribution >= 0.6 is 0 Å². The number of rotatable bonds is 5. The molecule has 0 spiro atoms. The molecule has 0 heterocycles. The Balaban J connectivity index is 4.31. The van der Waals surface area contributed by atoms with Gasteiger partial charge in [0.25, 0.3) is 0 Å². The summed E-state index contributed by atoms with van der Waals surface area (Å²) in [5, 5.41) is 17.7. The monoisotopic (exact) mass is 155 g/mol. The van der Waals surface area contributed by atoms with Crippen LogP contribution in [0.1, 0.15) is 26.7 Å². The maximum atomic E-state index is 7.63. The first kappa shape index (κ1) is 10.3. The van der Waals surface area contributed by atoms with Gasteiger partial charge in [0, 0.05) is 12.1 Å². The van der Waals surface area contributed by atoms with Gasteiger partial charge in [0.05, 0.1) is 5.54 Å². The summed E-state index contributed by atoms with van der Waals surface area (Å²) in [6.45, 7) is 3.91. The number of hydrogen-bond acceptors (Lipinski definition) is 3. The fourth-order valence-corrected chi connectivity index (χ4v) is 0.970. The summed E-state index contributed by atoms with van der Waals surface area (Å²) in [7, 11) is 1.83. The maximum absolute atomic E-state index is 7.63. The highest BCUT2D eigenvalue weighted by atomic mass is 14.9. The molecule has 11 heavy (non-hydrogen) atoms. The van der Waals surface area contributed by atoms with Crippen molar-refractivity contribution in [2.45, 2.75) is 32.2 Å². The Kier molecular flexibility index (Phi) is 3.97. The molecule has 0 fully saturated rings. The Labute approximate surface area is 68.2 Å². The fraction of sp³-hybridized carbons (Fsp3) is 0.750. The minimum Gasteiger partial charge on any atom is -0.313 e. The van der Waals surface area contributed by atoms with E-state index in [0.717, 1.165) is 6.42 Å². The molecule has 0 aliphatic heterocycles. The zero-order chi connectivity index (χ0) is 8.91. The van der Waals surface area contributed by atoms with Gasteiger partial charge in [-0.3, -0.25) is 0 Å². The van der Waals surface area contributed by atoms with Crippen LogP contribution in [0.15, 0.2) is 0 Å². The molecule has 3 heteroatoms. The molecule has 64 valence electrons. The van der Waals surface area contributed by atoms with Crippen LogP contribution in [0.5, 0.6) is 0 Å². The van der Waals surface area contributed by atoms with Gasteiger partial charge >= 0.3 is 0 Å². The largest absolute Gasteiger partial charge is 0.313 e. The molecule has 3 nitrogen and oxygen atoms in total. The third-order valence-electron chi connectivity index (χ3n) is 2.08. The molecule has 0 amide bonds. The van der Waals surface area contributed by atoms with Crippen LogP contribution in [0.4, 0.5) is 0 Å². The van der Waals surface area contributed by atoms with Crippen molar-refractivity contribution in [3.05, 3.63) is 0 Å². The van der Waals surface area contributed by atoms with Crippen LogP contribution in [0, 0.1) is 10.8 Å². The second-order valence-corrected chi connectivity index (χ2v) is 2.82. The summed E-state index contributed by atoms with van der Waals surface area (Å²) in [6.07, 6.45) is 2.68. The second kappa shape index (κ2) is 4.23. The molecule has 0 aromatic heterocycles. The molecule has 0 saturated heterocycles. The molecular formula is C8H17N3. The second-order valence-electron chi connectivity index (χ2n) is 2.82. The van der Waals surface area contributed by atoms with Crippen LogP contribution in [0.25, 0.3) is 0 Å². The minimum absolute atomic E-state index is 0.309. The van der Waals surface area contributed by atoms with Crippen molar-refractivity contribution < 1.29 is 0 Å². The molecule has 0 saturated carbocycles. The van der Waals surface area contributed by atoms with E-state index in [2.05, 4.69) is 5.32 Å². The van der Waals surface area contributed by atoms with Gasteiger partial charge < -0.3 is 16.1 Å². The quantitative estimate of drug-likeness (QED) is 0.517. The number of hydrogen-bond donors (Lipinski definition) is 3. The third kappa shape index (κ3) is 2.42. The highest BCUT2D eigenvalue weighted by molar-refractivity contribution is 5.92. The Bertz CT molecular complexity index is 153. The molecular weight excluding hydrogens is 138 g/mol. The molecule has 0 aromatic rings. The maximum Gasteiger partial charge on any atom is 0.0580 e. The lowest BCUT2D eigenvalue weighted by Gasteiger charge is -2.27. The molecule has 3 N–H and O–H groups in total. The fourth-order valence-electron chi connectivity index (χ4n) is 0.970. The summed E-state index contributed by atoms with van der Waals surface area (Å²) in [5.41, 5.74) is 0.347. The van der Waals surface area contributed by atoms with Gasteiger partial charge in [-0.25, -0.2) is 0 Å². The molecule has 0 aromatic carbocycles. The highest BCUT2D eigenvalue weighted by Crippen LogP contribution is 2.10. The lowest BCUT2D eigenvalue weighted by atomic mass is 9.91. The topological polar surface area (TPSA) is 59.7 Å². The van der Waals surface area contributed by atoms with Gasteiger partial charge in [0.1, 0.15) is 0 Å². The Morgan fingerprint density at radius 1 is 1.64 bits per heavy atom. The minimum atomic E-state index is -0.309. The van der Waals surface area contributed by atoms with E-state index in [1.807, 2.05) is 20.9 Å². The van der Waals surface area contributed by atoms with Gasteiger partial charge in [-0.05, 0) is 26.6 Å². The van der Waals surface area contributed by atoms with Crippen LogP contribution in [0.2, 0.25) is 0 Å². The van der Waals surface area contributed by atoms with Crippen LogP contribution in [-0.4, -0.2) is 24.5 Å². The highest BCUT2D eigenvalue weighted by Gasteiger charge is 2.24. The van der Waals surface area contributed by atoms with Crippen molar-refractivity contribution in [3.8, 4) is 0 Å². The molecule has 0 bridgehead atoms. The van der Waals surface area contributed by atoms with Gasteiger partial charge in [0.2, 0.25) is 0 Å². The van der Waals surface area contributed by atoms with Gasteiger partial charge in [0.15, 0.2) is 0 Å². The molecule has 0 aliphatic carbocycles. The van der Waals surface area contributed by atoms with E-state index >= 15 is 0 Å². The first-order valence-corrected chi connectivity index (χ1v) is 3.86. The van der Waals surface area contributed by atoms with Crippen molar-refractivity contribution in [1.29, 1.82) is 10.8 Å². The van der Waals surface area contributed by atoms with Gasteiger partial charge in [-0.1, -0.05) is 6.92 Å². The van der Waals surface area contributed by atoms with E-state index in [1.54, 1.807) is 0 Å². The van der Waals surface area contributed by atoms with E-state index in [4.69, 9.17) is 10.8 Å². The molecule has 1 atom stereocenters. The predicted molar refractivity (Wildman–Crippen MR) is 48.9 cm³/mol. The molecule has 0 radical (unpaired) electrons. The van der Waals surface area contributed by atoms with Crippen molar-refractivity contribution in [3.63, 3.8) is 0 Å². The Morgan fingerprint density at radius 2 is 2.18 bits per heavy atom. The summed E-state index contributed by atoms with van der Waals surface area (Å²) < 4.78 is 0. The average Bonchev–Trinajstić information content (AvgIpc) is 2.03. The van der Waals surface area contributed by atoms with Crippen molar-refractivity contribution >= 4 is 11.9 Å². The van der Waals surface area contributed by atoms with E-state index in [0.29, 0.717) is 12.1 Å². The molecule has 1 unspecified atom stereocenters. The summed E-state index contributed by atoms with van der Waals surface area (Å²) in [4.78, 5) is 0.